The molecule has 0 fully saturated rings. The third-order valence-electron chi connectivity index (χ3n) is 1.66. The summed E-state index contributed by atoms with van der Waals surface area (Å²) in [4.78, 5) is 13.9. The fraction of sp³-hybridized carbons (Fsp3) is 0. The van der Waals surface area contributed by atoms with Crippen LogP contribution in [0, 0.1) is 11.6 Å². The molecule has 3 nitrogen and oxygen atoms in total. The van der Waals surface area contributed by atoms with Crippen molar-refractivity contribution in [2.75, 3.05) is 0 Å². The van der Waals surface area contributed by atoms with Crippen molar-refractivity contribution >= 4 is 17.4 Å². The molecule has 1 aromatic heterocycles. The molecule has 0 aliphatic heterocycles. The molecule has 0 saturated carbocycles. The summed E-state index contributed by atoms with van der Waals surface area (Å²) < 4.78 is 30.5. The number of rotatable bonds is 1. The van der Waals surface area contributed by atoms with Crippen molar-refractivity contribution in [1.29, 1.82) is 0 Å². The molecule has 13 heavy (non-hydrogen) atoms. The Morgan fingerprint density at radius 1 is 1.38 bits per heavy atom. The topological polar surface area (TPSA) is 43.1 Å². The zero-order valence-corrected chi connectivity index (χ0v) is 6.25. The SMILES string of the molecule is O=Cc1cc2ncoc2c(F)c1F. The van der Waals surface area contributed by atoms with Crippen LogP contribution in [0.5, 0.6) is 0 Å². The molecule has 2 rings (SSSR count). The third kappa shape index (κ3) is 1.00. The summed E-state index contributed by atoms with van der Waals surface area (Å²) in [5.41, 5.74) is -0.511. The Balaban J connectivity index is 2.91. The maximum absolute atomic E-state index is 13.0. The second-order valence-corrected chi connectivity index (χ2v) is 2.41. The van der Waals surface area contributed by atoms with Crippen molar-refractivity contribution in [2.45, 2.75) is 0 Å². The van der Waals surface area contributed by atoms with Crippen LogP contribution >= 0.6 is 0 Å². The molecule has 1 aromatic carbocycles. The van der Waals surface area contributed by atoms with Gasteiger partial charge in [0.05, 0.1) is 5.56 Å². The van der Waals surface area contributed by atoms with Crippen molar-refractivity contribution < 1.29 is 18.0 Å². The quantitative estimate of drug-likeness (QED) is 0.634. The maximum Gasteiger partial charge on any atom is 0.204 e. The first-order chi connectivity index (χ1) is 6.24. The van der Waals surface area contributed by atoms with Gasteiger partial charge in [0.15, 0.2) is 24.1 Å². The van der Waals surface area contributed by atoms with Crippen molar-refractivity contribution in [3.8, 4) is 0 Å². The van der Waals surface area contributed by atoms with E-state index < -0.39 is 11.6 Å². The van der Waals surface area contributed by atoms with Crippen LogP contribution in [0.3, 0.4) is 0 Å². The van der Waals surface area contributed by atoms with Crippen LogP contribution < -0.4 is 0 Å². The van der Waals surface area contributed by atoms with Gasteiger partial charge < -0.3 is 4.42 Å². The molecule has 0 atom stereocenters. The molecular weight excluding hydrogens is 180 g/mol. The first-order valence-corrected chi connectivity index (χ1v) is 3.40. The second-order valence-electron chi connectivity index (χ2n) is 2.41. The van der Waals surface area contributed by atoms with Gasteiger partial charge in [-0.3, -0.25) is 4.79 Å². The summed E-state index contributed by atoms with van der Waals surface area (Å²) in [6, 6.07) is 1.13. The standard InChI is InChI=1S/C8H3F2NO2/c9-6-4(2-12)1-5-8(7(6)10)13-3-11-5/h1-3H. The Labute approximate surface area is 71.0 Å². The van der Waals surface area contributed by atoms with Crippen molar-refractivity contribution in [3.63, 3.8) is 0 Å². The monoisotopic (exact) mass is 183 g/mol. The Morgan fingerprint density at radius 3 is 2.85 bits per heavy atom. The Morgan fingerprint density at radius 2 is 2.15 bits per heavy atom. The van der Waals surface area contributed by atoms with Gasteiger partial charge >= 0.3 is 0 Å². The number of aldehydes is 1. The van der Waals surface area contributed by atoms with Gasteiger partial charge in [-0.15, -0.1) is 0 Å². The first kappa shape index (κ1) is 7.85. The highest BCUT2D eigenvalue weighted by atomic mass is 19.2. The number of hydrogen-bond acceptors (Lipinski definition) is 3. The zero-order valence-electron chi connectivity index (χ0n) is 6.25. The van der Waals surface area contributed by atoms with E-state index in [1.165, 1.54) is 0 Å². The molecule has 2 aromatic rings. The van der Waals surface area contributed by atoms with Crippen LogP contribution in [0.15, 0.2) is 16.9 Å². The first-order valence-electron chi connectivity index (χ1n) is 3.40. The van der Waals surface area contributed by atoms with Gasteiger partial charge in [-0.2, -0.15) is 4.39 Å². The Kier molecular flexibility index (Phi) is 1.58. The number of aromatic nitrogens is 1. The predicted octanol–water partition coefficient (Wildman–Crippen LogP) is 1.92. The number of hydrogen-bond donors (Lipinski definition) is 0. The molecule has 5 heteroatoms. The Hall–Kier alpha value is -1.78. The molecular formula is C8H3F2NO2. The minimum atomic E-state index is -1.21. The van der Waals surface area contributed by atoms with E-state index >= 15 is 0 Å². The van der Waals surface area contributed by atoms with E-state index in [0.717, 1.165) is 12.5 Å². The molecule has 0 amide bonds. The van der Waals surface area contributed by atoms with Gasteiger partial charge in [0.1, 0.15) is 5.52 Å². The van der Waals surface area contributed by atoms with Crippen molar-refractivity contribution in [1.82, 2.24) is 4.98 Å². The summed E-state index contributed by atoms with van der Waals surface area (Å²) in [5, 5.41) is 0. The highest BCUT2D eigenvalue weighted by molar-refractivity contribution is 5.84. The van der Waals surface area contributed by atoms with Crippen LogP contribution in [0.2, 0.25) is 0 Å². The summed E-state index contributed by atoms with van der Waals surface area (Å²) in [5.74, 6) is -2.39. The number of nitrogens with zero attached hydrogens (tertiary/aromatic N) is 1. The Bertz CT molecular complexity index is 478. The highest BCUT2D eigenvalue weighted by Crippen LogP contribution is 2.21. The summed E-state index contributed by atoms with van der Waals surface area (Å²) >= 11 is 0. The summed E-state index contributed by atoms with van der Waals surface area (Å²) in [7, 11) is 0. The van der Waals surface area contributed by atoms with Gasteiger partial charge in [0.2, 0.25) is 5.82 Å². The van der Waals surface area contributed by atoms with Crippen LogP contribution in [-0.2, 0) is 0 Å². The highest BCUT2D eigenvalue weighted by Gasteiger charge is 2.15. The maximum atomic E-state index is 13.0. The molecule has 0 unspecified atom stereocenters. The average Bonchev–Trinajstić information content (AvgIpc) is 2.59. The molecule has 1 heterocycles. The number of oxazole rings is 1. The van der Waals surface area contributed by atoms with Crippen LogP contribution in [0.25, 0.3) is 11.1 Å². The van der Waals surface area contributed by atoms with Gasteiger partial charge in [-0.1, -0.05) is 0 Å². The molecule has 0 spiro atoms. The molecule has 0 aliphatic rings. The van der Waals surface area contributed by atoms with E-state index in [1.54, 1.807) is 0 Å². The van der Waals surface area contributed by atoms with Crippen LogP contribution in [-0.4, -0.2) is 11.3 Å². The van der Waals surface area contributed by atoms with E-state index in [4.69, 9.17) is 0 Å². The fourth-order valence-electron chi connectivity index (χ4n) is 1.04. The zero-order chi connectivity index (χ0) is 9.42. The number of carbonyl (C=O) groups excluding carboxylic acids is 1. The van der Waals surface area contributed by atoms with Crippen molar-refractivity contribution in [2.24, 2.45) is 0 Å². The number of carbonyl (C=O) groups is 1. The van der Waals surface area contributed by atoms with E-state index in [1.807, 2.05) is 0 Å². The average molecular weight is 183 g/mol. The lowest BCUT2D eigenvalue weighted by atomic mass is 10.2. The minimum absolute atomic E-state index is 0.126. The summed E-state index contributed by atoms with van der Waals surface area (Å²) in [6.45, 7) is 0. The number of halogens is 2. The fourth-order valence-corrected chi connectivity index (χ4v) is 1.04. The molecule has 0 aliphatic carbocycles. The molecule has 0 bridgehead atoms. The van der Waals surface area contributed by atoms with Crippen molar-refractivity contribution in [3.05, 3.63) is 29.7 Å². The molecule has 0 N–H and O–H groups in total. The second kappa shape index (κ2) is 2.62. The molecule has 66 valence electrons. The third-order valence-corrected chi connectivity index (χ3v) is 1.66. The molecule has 0 radical (unpaired) electrons. The molecule has 0 saturated heterocycles. The lowest BCUT2D eigenvalue weighted by molar-refractivity contribution is 0.111. The van der Waals surface area contributed by atoms with E-state index in [-0.39, 0.29) is 22.9 Å². The lowest BCUT2D eigenvalue weighted by Gasteiger charge is -1.95. The van der Waals surface area contributed by atoms with Crippen LogP contribution in [0.1, 0.15) is 10.4 Å². The largest absolute Gasteiger partial charge is 0.440 e. The minimum Gasteiger partial charge on any atom is -0.440 e. The van der Waals surface area contributed by atoms with E-state index in [2.05, 4.69) is 9.40 Å². The van der Waals surface area contributed by atoms with Gasteiger partial charge in [-0.25, -0.2) is 9.37 Å². The predicted molar refractivity (Wildman–Crippen MR) is 39.3 cm³/mol. The van der Waals surface area contributed by atoms with Crippen LogP contribution in [0.4, 0.5) is 8.78 Å². The normalized spacial score (nSPS) is 10.6. The van der Waals surface area contributed by atoms with E-state index in [9.17, 15) is 13.6 Å². The van der Waals surface area contributed by atoms with Gasteiger partial charge in [0, 0.05) is 0 Å². The van der Waals surface area contributed by atoms with Gasteiger partial charge in [0.25, 0.3) is 0 Å². The smallest absolute Gasteiger partial charge is 0.204 e. The number of benzene rings is 1. The van der Waals surface area contributed by atoms with E-state index in [0.29, 0.717) is 0 Å². The summed E-state index contributed by atoms with van der Waals surface area (Å²) in [6.07, 6.45) is 1.22. The lowest BCUT2D eigenvalue weighted by Crippen LogP contribution is -1.92. The number of fused-ring (bicyclic) bond motifs is 1. The van der Waals surface area contributed by atoms with Gasteiger partial charge in [-0.05, 0) is 6.07 Å².